The Morgan fingerprint density at radius 2 is 2.14 bits per heavy atom. The fourth-order valence-corrected chi connectivity index (χ4v) is 1.24. The Balaban J connectivity index is 0.00000169. The summed E-state index contributed by atoms with van der Waals surface area (Å²) in [6, 6.07) is 0. The van der Waals surface area contributed by atoms with Crippen LogP contribution in [0.5, 0.6) is 0 Å². The first kappa shape index (κ1) is 13.4. The van der Waals surface area contributed by atoms with Crippen LogP contribution in [0.2, 0.25) is 0 Å². The van der Waals surface area contributed by atoms with Crippen LogP contribution in [0.15, 0.2) is 0 Å². The first-order valence-corrected chi connectivity index (χ1v) is 4.28. The molecule has 1 heterocycles. The predicted octanol–water partition coefficient (Wildman–Crippen LogP) is 0.316. The van der Waals surface area contributed by atoms with E-state index in [0.717, 1.165) is 0 Å². The Bertz CT molecular complexity index is 236. The number of imide groups is 1. The molecule has 4 nitrogen and oxygen atoms in total. The van der Waals surface area contributed by atoms with Gasteiger partial charge in [-0.1, -0.05) is 6.42 Å². The molecule has 0 radical (unpaired) electrons. The Morgan fingerprint density at radius 1 is 1.50 bits per heavy atom. The number of amides is 2. The number of hydrogen-bond acceptors (Lipinski definition) is 3. The second kappa shape index (κ2) is 5.97. The summed E-state index contributed by atoms with van der Waals surface area (Å²) in [5.74, 6) is -0.301. The van der Waals surface area contributed by atoms with Crippen molar-refractivity contribution < 1.29 is 35.4 Å². The molecule has 0 unspecified atom stereocenters. The van der Waals surface area contributed by atoms with Crippen molar-refractivity contribution in [3.05, 3.63) is 6.42 Å². The number of nitrogens with zero attached hydrogens (tertiary/aromatic N) is 1. The molecule has 0 saturated carbocycles. The van der Waals surface area contributed by atoms with Crippen LogP contribution in [0, 0.1) is 6.42 Å². The normalized spacial score (nSPS) is 15.1. The summed E-state index contributed by atoms with van der Waals surface area (Å²) in [5.41, 5.74) is 0. The fraction of sp³-hybridized carbons (Fsp3) is 0.556. The average Bonchev–Trinajstić information content (AvgIpc) is 2.34. The number of Topliss-reactive ketones (excluding diaryl/α,β-unsaturated/α-hetero) is 1. The van der Waals surface area contributed by atoms with Gasteiger partial charge in [0.2, 0.25) is 0 Å². The maximum absolute atomic E-state index is 11.0. The quantitative estimate of drug-likeness (QED) is 0.532. The van der Waals surface area contributed by atoms with Crippen molar-refractivity contribution in [2.75, 3.05) is 6.54 Å². The Labute approximate surface area is 97.3 Å². The molecule has 0 aromatic heterocycles. The van der Waals surface area contributed by atoms with Gasteiger partial charge in [0, 0.05) is 34.0 Å². The zero-order valence-corrected chi connectivity index (χ0v) is 10.9. The number of rotatable bonds is 4. The third-order valence-electron chi connectivity index (χ3n) is 1.93. The molecule has 1 aliphatic rings. The molecule has 1 aliphatic heterocycles. The van der Waals surface area contributed by atoms with E-state index < -0.39 is 0 Å². The molecule has 0 spiro atoms. The zero-order valence-electron chi connectivity index (χ0n) is 7.99. The van der Waals surface area contributed by atoms with Crippen LogP contribution < -0.4 is 0 Å². The van der Waals surface area contributed by atoms with E-state index in [1.807, 2.05) is 0 Å². The summed E-state index contributed by atoms with van der Waals surface area (Å²) in [4.78, 5) is 33.9. The van der Waals surface area contributed by atoms with Crippen LogP contribution >= 0.6 is 0 Å². The van der Waals surface area contributed by atoms with E-state index in [4.69, 9.17) is 0 Å². The first-order valence-electron chi connectivity index (χ1n) is 4.28. The van der Waals surface area contributed by atoms with E-state index >= 15 is 0 Å². The molecule has 0 aliphatic carbocycles. The van der Waals surface area contributed by atoms with Crippen molar-refractivity contribution >= 4 is 17.6 Å². The van der Waals surface area contributed by atoms with Crippen LogP contribution in [0.3, 0.4) is 0 Å². The monoisotopic (exact) mass is 366 g/mol. The molecule has 0 atom stereocenters. The van der Waals surface area contributed by atoms with Gasteiger partial charge >= 0.3 is 0 Å². The minimum Gasteiger partial charge on any atom is -0.311 e. The topological polar surface area (TPSA) is 54.5 Å². The van der Waals surface area contributed by atoms with Crippen LogP contribution in [0.1, 0.15) is 26.2 Å². The number of hydrogen-bond donors (Lipinski definition) is 0. The SMILES string of the molecule is CC(=O)CCCN1C(=O)[CH-]CC1=O.[W]. The minimum absolute atomic E-state index is 0. The average molecular weight is 366 g/mol. The maximum Gasteiger partial charge on any atom is 0.200 e. The van der Waals surface area contributed by atoms with Crippen LogP contribution in [0.4, 0.5) is 0 Å². The molecule has 0 aromatic rings. The Hall–Kier alpha value is -0.632. The summed E-state index contributed by atoms with van der Waals surface area (Å²) < 4.78 is 0. The molecule has 2 amide bonds. The van der Waals surface area contributed by atoms with E-state index in [0.29, 0.717) is 19.4 Å². The van der Waals surface area contributed by atoms with Crippen molar-refractivity contribution in [3.8, 4) is 0 Å². The van der Waals surface area contributed by atoms with Gasteiger partial charge in [0.15, 0.2) is 5.91 Å². The third-order valence-corrected chi connectivity index (χ3v) is 1.93. The van der Waals surface area contributed by atoms with E-state index in [-0.39, 0.29) is 45.1 Å². The molecule has 78 valence electrons. The largest absolute Gasteiger partial charge is 0.311 e. The number of carbonyl (C=O) groups is 3. The van der Waals surface area contributed by atoms with E-state index in [1.165, 1.54) is 18.2 Å². The van der Waals surface area contributed by atoms with E-state index in [1.54, 1.807) is 0 Å². The van der Waals surface area contributed by atoms with Crippen LogP contribution in [-0.4, -0.2) is 29.0 Å². The van der Waals surface area contributed by atoms with Crippen LogP contribution in [-0.2, 0) is 35.4 Å². The molecule has 1 rings (SSSR count). The Morgan fingerprint density at radius 3 is 2.57 bits per heavy atom. The van der Waals surface area contributed by atoms with Gasteiger partial charge in [-0.15, -0.1) is 0 Å². The smallest absolute Gasteiger partial charge is 0.200 e. The van der Waals surface area contributed by atoms with Gasteiger partial charge in [-0.25, -0.2) is 0 Å². The molecule has 1 fully saturated rings. The fourth-order valence-electron chi connectivity index (χ4n) is 1.24. The number of likely N-dealkylation sites (tertiary alicyclic amines) is 1. The van der Waals surface area contributed by atoms with Crippen molar-refractivity contribution in [2.45, 2.75) is 26.2 Å². The molecule has 1 saturated heterocycles. The van der Waals surface area contributed by atoms with Crippen molar-refractivity contribution in [3.63, 3.8) is 0 Å². The minimum atomic E-state index is -0.228. The first-order chi connectivity index (χ1) is 6.11. The van der Waals surface area contributed by atoms with Gasteiger partial charge in [-0.3, -0.25) is 11.2 Å². The summed E-state index contributed by atoms with van der Waals surface area (Å²) in [7, 11) is 0. The van der Waals surface area contributed by atoms with Gasteiger partial charge in [0.25, 0.3) is 0 Å². The van der Waals surface area contributed by atoms with Crippen molar-refractivity contribution in [2.24, 2.45) is 0 Å². The molecule has 14 heavy (non-hydrogen) atoms. The molecular formula is C9H12NO3W-. The molecular weight excluding hydrogens is 354 g/mol. The third kappa shape index (κ3) is 3.62. The van der Waals surface area contributed by atoms with Gasteiger partial charge in [-0.05, 0) is 13.3 Å². The van der Waals surface area contributed by atoms with Crippen molar-refractivity contribution in [1.82, 2.24) is 4.90 Å². The van der Waals surface area contributed by atoms with E-state index in [2.05, 4.69) is 0 Å². The van der Waals surface area contributed by atoms with Gasteiger partial charge in [0.05, 0.1) is 5.91 Å². The standard InChI is InChI=1S/C9H12NO3.W/c1-7(11)3-2-6-10-8(12)4-5-9(10)13;/h4H,2-3,5-6H2,1H3;/q-1;. The molecule has 5 heteroatoms. The summed E-state index contributed by atoms with van der Waals surface area (Å²) in [6.45, 7) is 1.87. The van der Waals surface area contributed by atoms with Gasteiger partial charge in [0.1, 0.15) is 5.78 Å². The van der Waals surface area contributed by atoms with E-state index in [9.17, 15) is 14.4 Å². The molecule has 0 N–H and O–H groups in total. The van der Waals surface area contributed by atoms with Gasteiger partial charge in [-0.2, -0.15) is 0 Å². The molecule has 0 bridgehead atoms. The Kier molecular flexibility index (Phi) is 5.70. The predicted molar refractivity (Wildman–Crippen MR) is 45.6 cm³/mol. The van der Waals surface area contributed by atoms with Gasteiger partial charge < -0.3 is 14.5 Å². The number of ketones is 1. The maximum atomic E-state index is 11.0. The second-order valence-corrected chi connectivity index (χ2v) is 3.10. The van der Waals surface area contributed by atoms with Crippen molar-refractivity contribution in [1.29, 1.82) is 0 Å². The zero-order chi connectivity index (χ0) is 9.84. The summed E-state index contributed by atoms with van der Waals surface area (Å²) in [5, 5.41) is 0. The summed E-state index contributed by atoms with van der Waals surface area (Å²) in [6.07, 6.45) is 2.58. The number of carbonyl (C=O) groups excluding carboxylic acids is 3. The second-order valence-electron chi connectivity index (χ2n) is 3.10. The molecule has 0 aromatic carbocycles. The van der Waals surface area contributed by atoms with Crippen LogP contribution in [0.25, 0.3) is 0 Å². The summed E-state index contributed by atoms with van der Waals surface area (Å²) >= 11 is 0.